The molecule has 1 aromatic rings. The molecule has 1 aromatic heterocycles. The van der Waals surface area contributed by atoms with Crippen LogP contribution >= 0.6 is 11.3 Å². The zero-order valence-corrected chi connectivity index (χ0v) is 11.3. The van der Waals surface area contributed by atoms with E-state index in [0.29, 0.717) is 5.41 Å². The highest BCUT2D eigenvalue weighted by Gasteiger charge is 2.25. The number of aryl methyl sites for hydroxylation is 1. The summed E-state index contributed by atoms with van der Waals surface area (Å²) in [7, 11) is 0. The van der Waals surface area contributed by atoms with Crippen LogP contribution in [0.5, 0.6) is 0 Å². The van der Waals surface area contributed by atoms with Crippen LogP contribution < -0.4 is 5.32 Å². The second-order valence-corrected chi connectivity index (χ2v) is 6.50. The Morgan fingerprint density at radius 2 is 2.06 bits per heavy atom. The Kier molecular flexibility index (Phi) is 4.04. The first-order valence-corrected chi connectivity index (χ1v) is 7.31. The summed E-state index contributed by atoms with van der Waals surface area (Å²) < 4.78 is 0. The third-order valence-electron chi connectivity index (χ3n) is 3.87. The highest BCUT2D eigenvalue weighted by molar-refractivity contribution is 7.10. The van der Waals surface area contributed by atoms with Crippen molar-refractivity contribution in [3.05, 3.63) is 21.9 Å². The maximum Gasteiger partial charge on any atom is 0.0302 e. The Hall–Kier alpha value is -0.340. The molecule has 2 rings (SSSR count). The highest BCUT2D eigenvalue weighted by Crippen LogP contribution is 2.35. The fraction of sp³-hybridized carbons (Fsp3) is 0.714. The lowest BCUT2D eigenvalue weighted by molar-refractivity contribution is 0.207. The van der Waals surface area contributed by atoms with Crippen LogP contribution in [-0.4, -0.2) is 6.54 Å². The zero-order chi connectivity index (χ0) is 11.4. The van der Waals surface area contributed by atoms with Crippen molar-refractivity contribution in [3.8, 4) is 0 Å². The van der Waals surface area contributed by atoms with E-state index in [2.05, 4.69) is 30.6 Å². The van der Waals surface area contributed by atoms with E-state index in [-0.39, 0.29) is 0 Å². The Morgan fingerprint density at radius 3 is 2.69 bits per heavy atom. The first kappa shape index (κ1) is 12.1. The molecule has 0 spiro atoms. The molecule has 0 saturated heterocycles. The second-order valence-electron chi connectivity index (χ2n) is 5.50. The number of nitrogens with one attached hydrogen (secondary N) is 1. The lowest BCUT2D eigenvalue weighted by Crippen LogP contribution is -2.33. The average Bonchev–Trinajstić information content (AvgIpc) is 2.65. The molecule has 1 saturated carbocycles. The molecule has 1 aliphatic rings. The van der Waals surface area contributed by atoms with Crippen LogP contribution in [0.15, 0.2) is 11.4 Å². The van der Waals surface area contributed by atoms with Gasteiger partial charge in [-0.2, -0.15) is 0 Å². The van der Waals surface area contributed by atoms with Crippen LogP contribution in [0.25, 0.3) is 0 Å². The van der Waals surface area contributed by atoms with E-state index in [4.69, 9.17) is 0 Å². The van der Waals surface area contributed by atoms with Gasteiger partial charge in [0.05, 0.1) is 0 Å². The van der Waals surface area contributed by atoms with Gasteiger partial charge in [0, 0.05) is 18.0 Å². The monoisotopic (exact) mass is 237 g/mol. The van der Waals surface area contributed by atoms with E-state index in [9.17, 15) is 0 Å². The summed E-state index contributed by atoms with van der Waals surface area (Å²) in [4.78, 5) is 1.50. The fourth-order valence-electron chi connectivity index (χ4n) is 2.65. The van der Waals surface area contributed by atoms with E-state index in [0.717, 1.165) is 6.54 Å². The standard InChI is InChI=1S/C14H23NS/c1-12-6-9-16-13(12)10-15-11-14(2)7-4-3-5-8-14/h6,9,15H,3-5,7-8,10-11H2,1-2H3. The third kappa shape index (κ3) is 3.08. The summed E-state index contributed by atoms with van der Waals surface area (Å²) in [6.45, 7) is 6.89. The van der Waals surface area contributed by atoms with Gasteiger partial charge in [0.15, 0.2) is 0 Å². The van der Waals surface area contributed by atoms with Crippen LogP contribution in [0.3, 0.4) is 0 Å². The molecule has 0 unspecified atom stereocenters. The summed E-state index contributed by atoms with van der Waals surface area (Å²) in [5.74, 6) is 0. The predicted molar refractivity (Wildman–Crippen MR) is 72.0 cm³/mol. The van der Waals surface area contributed by atoms with Crippen LogP contribution in [-0.2, 0) is 6.54 Å². The van der Waals surface area contributed by atoms with Gasteiger partial charge < -0.3 is 5.32 Å². The smallest absolute Gasteiger partial charge is 0.0302 e. The van der Waals surface area contributed by atoms with Gasteiger partial charge in [0.25, 0.3) is 0 Å². The average molecular weight is 237 g/mol. The maximum absolute atomic E-state index is 3.65. The molecular weight excluding hydrogens is 214 g/mol. The molecule has 0 amide bonds. The van der Waals surface area contributed by atoms with Crippen molar-refractivity contribution in [2.24, 2.45) is 5.41 Å². The lowest BCUT2D eigenvalue weighted by Gasteiger charge is -2.33. The van der Waals surface area contributed by atoms with Crippen LogP contribution in [0.2, 0.25) is 0 Å². The predicted octanol–water partition coefficient (Wildman–Crippen LogP) is 4.12. The largest absolute Gasteiger partial charge is 0.311 e. The summed E-state index contributed by atoms with van der Waals surface area (Å²) in [5.41, 5.74) is 2.00. The molecule has 0 aliphatic heterocycles. The van der Waals surface area contributed by atoms with E-state index in [1.807, 2.05) is 11.3 Å². The molecular formula is C14H23NS. The summed E-state index contributed by atoms with van der Waals surface area (Å²) in [6, 6.07) is 2.21. The molecule has 0 bridgehead atoms. The number of rotatable bonds is 4. The van der Waals surface area contributed by atoms with Crippen molar-refractivity contribution in [2.45, 2.75) is 52.5 Å². The SMILES string of the molecule is Cc1ccsc1CNCC1(C)CCCCC1. The second kappa shape index (κ2) is 5.33. The Labute approximate surface area is 103 Å². The molecule has 0 aromatic carbocycles. The summed E-state index contributed by atoms with van der Waals surface area (Å²) in [5, 5.41) is 5.84. The minimum Gasteiger partial charge on any atom is -0.311 e. The van der Waals surface area contributed by atoms with Gasteiger partial charge in [-0.25, -0.2) is 0 Å². The minimum atomic E-state index is 0.559. The molecule has 1 aliphatic carbocycles. The lowest BCUT2D eigenvalue weighted by atomic mass is 9.76. The van der Waals surface area contributed by atoms with Crippen molar-refractivity contribution in [1.29, 1.82) is 0 Å². The molecule has 1 fully saturated rings. The van der Waals surface area contributed by atoms with Gasteiger partial charge in [0.1, 0.15) is 0 Å². The van der Waals surface area contributed by atoms with Gasteiger partial charge in [-0.15, -0.1) is 11.3 Å². The minimum absolute atomic E-state index is 0.559. The van der Waals surface area contributed by atoms with E-state index in [1.54, 1.807) is 0 Å². The molecule has 16 heavy (non-hydrogen) atoms. The van der Waals surface area contributed by atoms with Crippen LogP contribution in [0, 0.1) is 12.3 Å². The van der Waals surface area contributed by atoms with Crippen molar-refractivity contribution in [2.75, 3.05) is 6.54 Å². The molecule has 0 radical (unpaired) electrons. The van der Waals surface area contributed by atoms with E-state index >= 15 is 0 Å². The molecule has 2 heteroatoms. The fourth-order valence-corrected chi connectivity index (χ4v) is 3.52. The van der Waals surface area contributed by atoms with Crippen LogP contribution in [0.1, 0.15) is 49.5 Å². The van der Waals surface area contributed by atoms with Gasteiger partial charge in [-0.1, -0.05) is 26.2 Å². The van der Waals surface area contributed by atoms with Crippen molar-refractivity contribution in [3.63, 3.8) is 0 Å². The van der Waals surface area contributed by atoms with E-state index < -0.39 is 0 Å². The quantitative estimate of drug-likeness (QED) is 0.830. The molecule has 1 nitrogen and oxygen atoms in total. The zero-order valence-electron chi connectivity index (χ0n) is 10.5. The first-order chi connectivity index (χ1) is 7.70. The van der Waals surface area contributed by atoms with Crippen LogP contribution in [0.4, 0.5) is 0 Å². The van der Waals surface area contributed by atoms with E-state index in [1.165, 1.54) is 49.1 Å². The summed E-state index contributed by atoms with van der Waals surface area (Å²) in [6.07, 6.45) is 7.11. The molecule has 90 valence electrons. The molecule has 1 N–H and O–H groups in total. The highest BCUT2D eigenvalue weighted by atomic mass is 32.1. The maximum atomic E-state index is 3.65. The number of hydrogen-bond donors (Lipinski definition) is 1. The number of thiophene rings is 1. The first-order valence-electron chi connectivity index (χ1n) is 6.43. The molecule has 0 atom stereocenters. The van der Waals surface area contributed by atoms with Gasteiger partial charge in [0.2, 0.25) is 0 Å². The Balaban J connectivity index is 1.77. The number of hydrogen-bond acceptors (Lipinski definition) is 2. The van der Waals surface area contributed by atoms with Crippen molar-refractivity contribution in [1.82, 2.24) is 5.32 Å². The summed E-state index contributed by atoms with van der Waals surface area (Å²) >= 11 is 1.87. The molecule has 1 heterocycles. The Morgan fingerprint density at radius 1 is 1.31 bits per heavy atom. The van der Waals surface area contributed by atoms with Gasteiger partial charge in [-0.3, -0.25) is 0 Å². The topological polar surface area (TPSA) is 12.0 Å². The van der Waals surface area contributed by atoms with Gasteiger partial charge in [-0.05, 0) is 42.2 Å². The third-order valence-corrected chi connectivity index (χ3v) is 4.89. The van der Waals surface area contributed by atoms with Crippen molar-refractivity contribution < 1.29 is 0 Å². The van der Waals surface area contributed by atoms with Gasteiger partial charge >= 0.3 is 0 Å². The normalized spacial score (nSPS) is 19.9. The van der Waals surface area contributed by atoms with Crippen molar-refractivity contribution >= 4 is 11.3 Å². The Bertz CT molecular complexity index is 323.